The van der Waals surface area contributed by atoms with E-state index >= 15 is 0 Å². The highest BCUT2D eigenvalue weighted by molar-refractivity contribution is 5.93. The fourth-order valence-electron chi connectivity index (χ4n) is 2.59. The Kier molecular flexibility index (Phi) is 5.30. The zero-order chi connectivity index (χ0) is 17.6. The van der Waals surface area contributed by atoms with Crippen LogP contribution in [0.4, 0.5) is 5.82 Å². The minimum Gasteiger partial charge on any atom is -0.493 e. The average Bonchev–Trinajstić information content (AvgIpc) is 2.67. The molecule has 1 heterocycles. The molecule has 0 bridgehead atoms. The number of methoxy groups -OCH3 is 2. The third kappa shape index (κ3) is 3.64. The minimum atomic E-state index is 0.124. The van der Waals surface area contributed by atoms with Crippen LogP contribution in [0, 0.1) is 0 Å². The topological polar surface area (TPSA) is 76.5 Å². The van der Waals surface area contributed by atoms with Gasteiger partial charge < -0.3 is 19.9 Å². The molecule has 2 aromatic carbocycles. The van der Waals surface area contributed by atoms with Gasteiger partial charge in [-0.15, -0.1) is 0 Å². The second kappa shape index (κ2) is 7.81. The highest BCUT2D eigenvalue weighted by atomic mass is 16.5. The van der Waals surface area contributed by atoms with Gasteiger partial charge in [-0.2, -0.15) is 0 Å². The van der Waals surface area contributed by atoms with E-state index in [2.05, 4.69) is 15.3 Å². The van der Waals surface area contributed by atoms with E-state index in [-0.39, 0.29) is 6.61 Å². The van der Waals surface area contributed by atoms with Gasteiger partial charge in [-0.05, 0) is 12.5 Å². The van der Waals surface area contributed by atoms with E-state index in [1.54, 1.807) is 14.2 Å². The highest BCUT2D eigenvalue weighted by Gasteiger charge is 2.14. The van der Waals surface area contributed by atoms with Gasteiger partial charge in [0.1, 0.15) is 5.82 Å². The molecule has 0 aliphatic carbocycles. The normalized spacial score (nSPS) is 10.7. The number of ether oxygens (including phenoxy) is 2. The number of anilines is 1. The van der Waals surface area contributed by atoms with Gasteiger partial charge in [0.05, 0.1) is 19.7 Å². The van der Waals surface area contributed by atoms with Crippen LogP contribution in [0.5, 0.6) is 11.5 Å². The van der Waals surface area contributed by atoms with Gasteiger partial charge in [0.25, 0.3) is 0 Å². The second-order valence-electron chi connectivity index (χ2n) is 5.49. The van der Waals surface area contributed by atoms with E-state index in [0.29, 0.717) is 36.1 Å². The van der Waals surface area contributed by atoms with Crippen molar-refractivity contribution in [1.82, 2.24) is 9.97 Å². The van der Waals surface area contributed by atoms with Gasteiger partial charge in [0, 0.05) is 30.2 Å². The molecule has 0 fully saturated rings. The zero-order valence-electron chi connectivity index (χ0n) is 14.3. The number of fused-ring (bicyclic) bond motifs is 1. The number of aliphatic hydroxyl groups is 1. The lowest BCUT2D eigenvalue weighted by Crippen LogP contribution is -2.07. The first-order valence-electron chi connectivity index (χ1n) is 8.10. The van der Waals surface area contributed by atoms with Crippen LogP contribution in [0.1, 0.15) is 6.42 Å². The first-order valence-corrected chi connectivity index (χ1v) is 8.10. The SMILES string of the molecule is COc1cc2nc(-c3ccccc3)nc(NCCCO)c2cc1OC. The summed E-state index contributed by atoms with van der Waals surface area (Å²) < 4.78 is 10.8. The molecule has 0 spiro atoms. The van der Waals surface area contributed by atoms with Gasteiger partial charge >= 0.3 is 0 Å². The van der Waals surface area contributed by atoms with E-state index in [0.717, 1.165) is 16.5 Å². The summed E-state index contributed by atoms with van der Waals surface area (Å²) in [5, 5.41) is 13.2. The Balaban J connectivity index is 2.16. The Morgan fingerprint density at radius 1 is 1.00 bits per heavy atom. The highest BCUT2D eigenvalue weighted by Crippen LogP contribution is 2.35. The maximum atomic E-state index is 9.03. The van der Waals surface area contributed by atoms with Crippen LogP contribution in [0.2, 0.25) is 0 Å². The Labute approximate surface area is 146 Å². The predicted octanol–water partition coefficient (Wildman–Crippen LogP) is 3.11. The summed E-state index contributed by atoms with van der Waals surface area (Å²) in [6.07, 6.45) is 0.638. The van der Waals surface area contributed by atoms with E-state index in [1.807, 2.05) is 42.5 Å². The molecule has 6 nitrogen and oxygen atoms in total. The summed E-state index contributed by atoms with van der Waals surface area (Å²) >= 11 is 0. The van der Waals surface area contributed by atoms with Crippen LogP contribution in [-0.2, 0) is 0 Å². The summed E-state index contributed by atoms with van der Waals surface area (Å²) in [7, 11) is 3.20. The molecule has 0 atom stereocenters. The van der Waals surface area contributed by atoms with Gasteiger partial charge in [0.2, 0.25) is 0 Å². The number of nitrogens with one attached hydrogen (secondary N) is 1. The molecule has 3 aromatic rings. The third-order valence-corrected chi connectivity index (χ3v) is 3.86. The predicted molar refractivity (Wildman–Crippen MR) is 98.3 cm³/mol. The monoisotopic (exact) mass is 339 g/mol. The van der Waals surface area contributed by atoms with Gasteiger partial charge in [-0.1, -0.05) is 30.3 Å². The molecule has 2 N–H and O–H groups in total. The molecule has 1 aromatic heterocycles. The lowest BCUT2D eigenvalue weighted by Gasteiger charge is -2.14. The van der Waals surface area contributed by atoms with Gasteiger partial charge in [-0.25, -0.2) is 9.97 Å². The molecule has 0 radical (unpaired) electrons. The molecule has 0 saturated carbocycles. The van der Waals surface area contributed by atoms with Crippen LogP contribution in [0.3, 0.4) is 0 Å². The Morgan fingerprint density at radius 3 is 2.40 bits per heavy atom. The minimum absolute atomic E-state index is 0.124. The Morgan fingerprint density at radius 2 is 1.72 bits per heavy atom. The molecule has 3 rings (SSSR count). The summed E-state index contributed by atoms with van der Waals surface area (Å²) in [5.41, 5.74) is 1.70. The molecule has 0 saturated heterocycles. The quantitative estimate of drug-likeness (QED) is 0.644. The summed E-state index contributed by atoms with van der Waals surface area (Å²) in [5.74, 6) is 2.58. The van der Waals surface area contributed by atoms with Crippen molar-refractivity contribution >= 4 is 16.7 Å². The molecule has 25 heavy (non-hydrogen) atoms. The molecule has 130 valence electrons. The van der Waals surface area contributed by atoms with Crippen molar-refractivity contribution in [3.63, 3.8) is 0 Å². The zero-order valence-corrected chi connectivity index (χ0v) is 14.3. The molecule has 0 amide bonds. The summed E-state index contributed by atoms with van der Waals surface area (Å²) in [6.45, 7) is 0.740. The number of rotatable bonds is 7. The fraction of sp³-hybridized carbons (Fsp3) is 0.263. The van der Waals surface area contributed by atoms with Crippen LogP contribution in [0.15, 0.2) is 42.5 Å². The van der Waals surface area contributed by atoms with Crippen molar-refractivity contribution in [1.29, 1.82) is 0 Å². The first-order chi connectivity index (χ1) is 12.3. The van der Waals surface area contributed by atoms with Crippen LogP contribution >= 0.6 is 0 Å². The van der Waals surface area contributed by atoms with Gasteiger partial charge in [0.15, 0.2) is 17.3 Å². The van der Waals surface area contributed by atoms with Crippen LogP contribution in [-0.4, -0.2) is 42.4 Å². The number of benzene rings is 2. The van der Waals surface area contributed by atoms with Crippen LogP contribution < -0.4 is 14.8 Å². The third-order valence-electron chi connectivity index (χ3n) is 3.86. The number of hydrogen-bond donors (Lipinski definition) is 2. The summed E-state index contributed by atoms with van der Waals surface area (Å²) in [4.78, 5) is 9.36. The van der Waals surface area contributed by atoms with Crippen LogP contribution in [0.25, 0.3) is 22.3 Å². The standard InChI is InChI=1S/C19H21N3O3/c1-24-16-11-14-15(12-17(16)25-2)21-18(13-7-4-3-5-8-13)22-19(14)20-9-6-10-23/h3-5,7-8,11-12,23H,6,9-10H2,1-2H3,(H,20,21,22). The lowest BCUT2D eigenvalue weighted by molar-refractivity contribution is 0.292. The molecular weight excluding hydrogens is 318 g/mol. The van der Waals surface area contributed by atoms with Crippen molar-refractivity contribution in [2.45, 2.75) is 6.42 Å². The number of aromatic nitrogens is 2. The van der Waals surface area contributed by atoms with E-state index in [1.165, 1.54) is 0 Å². The van der Waals surface area contributed by atoms with E-state index < -0.39 is 0 Å². The van der Waals surface area contributed by atoms with E-state index in [4.69, 9.17) is 14.6 Å². The number of aliphatic hydroxyl groups excluding tert-OH is 1. The molecule has 0 unspecified atom stereocenters. The van der Waals surface area contributed by atoms with Crippen molar-refractivity contribution in [2.24, 2.45) is 0 Å². The second-order valence-corrected chi connectivity index (χ2v) is 5.49. The Bertz CT molecular complexity index is 853. The molecule has 6 heteroatoms. The molecule has 0 aliphatic rings. The maximum Gasteiger partial charge on any atom is 0.162 e. The molecule has 0 aliphatic heterocycles. The van der Waals surface area contributed by atoms with Crippen molar-refractivity contribution in [2.75, 3.05) is 32.7 Å². The largest absolute Gasteiger partial charge is 0.493 e. The Hall–Kier alpha value is -2.86. The van der Waals surface area contributed by atoms with Crippen molar-refractivity contribution in [3.8, 4) is 22.9 Å². The number of hydrogen-bond acceptors (Lipinski definition) is 6. The fourth-order valence-corrected chi connectivity index (χ4v) is 2.59. The van der Waals surface area contributed by atoms with Gasteiger partial charge in [-0.3, -0.25) is 0 Å². The van der Waals surface area contributed by atoms with E-state index in [9.17, 15) is 0 Å². The maximum absolute atomic E-state index is 9.03. The summed E-state index contributed by atoms with van der Waals surface area (Å²) in [6, 6.07) is 13.5. The van der Waals surface area contributed by atoms with Crippen molar-refractivity contribution in [3.05, 3.63) is 42.5 Å². The smallest absolute Gasteiger partial charge is 0.162 e. The number of nitrogens with zero attached hydrogens (tertiary/aromatic N) is 2. The van der Waals surface area contributed by atoms with Crippen molar-refractivity contribution < 1.29 is 14.6 Å². The average molecular weight is 339 g/mol. The molecular formula is C19H21N3O3. The lowest BCUT2D eigenvalue weighted by atomic mass is 10.1. The first kappa shape index (κ1) is 17.0.